The number of ether oxygens (including phenoxy) is 1. The van der Waals surface area contributed by atoms with Crippen LogP contribution in [0.15, 0.2) is 0 Å². The molecule has 2 atom stereocenters. The van der Waals surface area contributed by atoms with Crippen LogP contribution in [0, 0.1) is 5.92 Å². The first kappa shape index (κ1) is 20.8. The Hall–Kier alpha value is -0.203. The molecule has 1 fully saturated rings. The summed E-state index contributed by atoms with van der Waals surface area (Å²) in [4.78, 5) is 12.1. The van der Waals surface area contributed by atoms with Crippen LogP contribution in [0.3, 0.4) is 0 Å². The number of hydrogen-bond donors (Lipinski definition) is 1. The molecule has 4 nitrogen and oxygen atoms in total. The van der Waals surface area contributed by atoms with E-state index in [4.69, 9.17) is 9.16 Å². The predicted octanol–water partition coefficient (Wildman–Crippen LogP) is 4.65. The molecule has 1 N–H and O–H groups in total. The van der Waals surface area contributed by atoms with Crippen LogP contribution >= 0.6 is 11.8 Å². The van der Waals surface area contributed by atoms with E-state index in [1.165, 1.54) is 0 Å². The highest BCUT2D eigenvalue weighted by Gasteiger charge is 2.39. The molecule has 1 heterocycles. The van der Waals surface area contributed by atoms with Crippen LogP contribution in [-0.2, 0) is 9.16 Å². The van der Waals surface area contributed by atoms with Crippen LogP contribution in [0.25, 0.3) is 0 Å². The summed E-state index contributed by atoms with van der Waals surface area (Å²) in [5, 5.41) is 3.27. The van der Waals surface area contributed by atoms with Crippen LogP contribution < -0.4 is 5.32 Å². The molecule has 1 aliphatic heterocycles. The van der Waals surface area contributed by atoms with Gasteiger partial charge in [-0.1, -0.05) is 20.8 Å². The van der Waals surface area contributed by atoms with Gasteiger partial charge in [0, 0.05) is 24.3 Å². The van der Waals surface area contributed by atoms with E-state index in [1.54, 1.807) is 0 Å². The highest BCUT2D eigenvalue weighted by molar-refractivity contribution is 7.99. The van der Waals surface area contributed by atoms with E-state index in [9.17, 15) is 4.79 Å². The van der Waals surface area contributed by atoms with E-state index in [-0.39, 0.29) is 17.2 Å². The Kier molecular flexibility index (Phi) is 7.05. The van der Waals surface area contributed by atoms with Gasteiger partial charge in [0.25, 0.3) is 0 Å². The molecule has 0 aromatic heterocycles. The zero-order chi connectivity index (χ0) is 17.9. The number of thioether (sulfide) groups is 1. The third kappa shape index (κ3) is 7.06. The van der Waals surface area contributed by atoms with E-state index < -0.39 is 13.9 Å². The van der Waals surface area contributed by atoms with Gasteiger partial charge in [0.05, 0.1) is 0 Å². The fourth-order valence-electron chi connectivity index (χ4n) is 2.14. The minimum absolute atomic E-state index is 0.149. The fraction of sp³-hybridized carbons (Fsp3) is 0.941. The maximum absolute atomic E-state index is 12.1. The van der Waals surface area contributed by atoms with E-state index in [1.807, 2.05) is 32.5 Å². The Balaban J connectivity index is 2.60. The lowest BCUT2D eigenvalue weighted by Gasteiger charge is -2.39. The van der Waals surface area contributed by atoms with Crippen molar-refractivity contribution in [2.45, 2.75) is 77.7 Å². The average Bonchev–Trinajstić information content (AvgIpc) is 2.34. The lowest BCUT2D eigenvalue weighted by molar-refractivity contribution is 0.0475. The van der Waals surface area contributed by atoms with Crippen LogP contribution in [0.5, 0.6) is 0 Å². The van der Waals surface area contributed by atoms with Crippen molar-refractivity contribution in [1.29, 1.82) is 0 Å². The minimum atomic E-state index is -1.75. The molecule has 1 rings (SSSR count). The van der Waals surface area contributed by atoms with Gasteiger partial charge in [0.1, 0.15) is 5.60 Å². The van der Waals surface area contributed by atoms with Gasteiger partial charge < -0.3 is 14.5 Å². The van der Waals surface area contributed by atoms with Crippen molar-refractivity contribution in [2.24, 2.45) is 5.92 Å². The zero-order valence-corrected chi connectivity index (χ0v) is 17.9. The fourth-order valence-corrected chi connectivity index (χ4v) is 4.42. The second-order valence-corrected chi connectivity index (χ2v) is 14.9. The van der Waals surface area contributed by atoms with Gasteiger partial charge in [-0.25, -0.2) is 4.79 Å². The van der Waals surface area contributed by atoms with E-state index in [2.05, 4.69) is 39.2 Å². The number of carbonyl (C=O) groups is 1. The lowest BCUT2D eigenvalue weighted by Crippen LogP contribution is -2.49. The molecule has 0 spiro atoms. The largest absolute Gasteiger partial charge is 0.444 e. The summed E-state index contributed by atoms with van der Waals surface area (Å²) < 4.78 is 11.8. The number of hydrogen-bond acceptors (Lipinski definition) is 4. The molecule has 6 heteroatoms. The Bertz CT molecular complexity index is 402. The third-order valence-corrected chi connectivity index (χ3v) is 10.3. The van der Waals surface area contributed by atoms with Gasteiger partial charge in [-0.2, -0.15) is 11.8 Å². The van der Waals surface area contributed by atoms with Crippen molar-refractivity contribution in [3.63, 3.8) is 0 Å². The molecule has 0 aliphatic carbocycles. The van der Waals surface area contributed by atoms with Crippen molar-refractivity contribution in [3.8, 4) is 0 Å². The molecular weight excluding hydrogens is 326 g/mol. The molecular formula is C17H35NO3SSi. The van der Waals surface area contributed by atoms with Gasteiger partial charge in [-0.15, -0.1) is 0 Å². The van der Waals surface area contributed by atoms with Crippen LogP contribution in [-0.4, -0.2) is 44.2 Å². The van der Waals surface area contributed by atoms with Gasteiger partial charge in [0.2, 0.25) is 0 Å². The molecule has 1 aliphatic rings. The SMILES string of the molecule is CC(C)(C)OC(=O)N[C@@H]1CCSCC1CO[Si](C)(C)C(C)(C)C. The van der Waals surface area contributed by atoms with Crippen molar-refractivity contribution >= 4 is 26.2 Å². The summed E-state index contributed by atoms with van der Waals surface area (Å²) in [5.74, 6) is 2.47. The van der Waals surface area contributed by atoms with Crippen LogP contribution in [0.2, 0.25) is 18.1 Å². The first-order valence-electron chi connectivity index (χ1n) is 8.53. The van der Waals surface area contributed by atoms with Gasteiger partial charge in [-0.3, -0.25) is 0 Å². The standard InChI is InChI=1S/C17H35NO3SSi/c1-16(2,3)21-15(19)18-14-9-10-22-12-13(14)11-20-23(7,8)17(4,5)6/h13-14H,9-12H2,1-8H3,(H,18,19)/t13?,14-/m1/s1. The number of rotatable bonds is 4. The second kappa shape index (κ2) is 7.79. The first-order valence-corrected chi connectivity index (χ1v) is 12.6. The van der Waals surface area contributed by atoms with Crippen molar-refractivity contribution in [1.82, 2.24) is 5.32 Å². The highest BCUT2D eigenvalue weighted by atomic mass is 32.2. The number of alkyl carbamates (subject to hydrolysis) is 1. The van der Waals surface area contributed by atoms with Crippen molar-refractivity contribution in [3.05, 3.63) is 0 Å². The van der Waals surface area contributed by atoms with Crippen LogP contribution in [0.4, 0.5) is 4.79 Å². The molecule has 1 unspecified atom stereocenters. The van der Waals surface area contributed by atoms with Gasteiger partial charge in [0.15, 0.2) is 8.32 Å². The third-order valence-electron chi connectivity index (χ3n) is 4.64. The molecule has 1 saturated heterocycles. The van der Waals surface area contributed by atoms with E-state index in [0.29, 0.717) is 5.92 Å². The summed E-state index contributed by atoms with van der Waals surface area (Å²) in [6.45, 7) is 17.7. The quantitative estimate of drug-likeness (QED) is 0.740. The van der Waals surface area contributed by atoms with E-state index in [0.717, 1.165) is 24.5 Å². The molecule has 1 amide bonds. The molecule has 0 aromatic carbocycles. The summed E-state index contributed by atoms with van der Waals surface area (Å²) in [6.07, 6.45) is 0.668. The monoisotopic (exact) mass is 361 g/mol. The van der Waals surface area contributed by atoms with Crippen molar-refractivity contribution < 1.29 is 14.0 Å². The molecule has 136 valence electrons. The topological polar surface area (TPSA) is 47.6 Å². The summed E-state index contributed by atoms with van der Waals surface area (Å²) in [7, 11) is -1.75. The molecule has 0 saturated carbocycles. The Labute approximate surface area is 147 Å². The van der Waals surface area contributed by atoms with Crippen LogP contribution in [0.1, 0.15) is 48.0 Å². The number of nitrogens with one attached hydrogen (secondary N) is 1. The minimum Gasteiger partial charge on any atom is -0.444 e. The Morgan fingerprint density at radius 2 is 1.83 bits per heavy atom. The maximum atomic E-state index is 12.1. The van der Waals surface area contributed by atoms with Gasteiger partial charge in [-0.05, 0) is 51.1 Å². The number of amides is 1. The molecule has 0 aromatic rings. The smallest absolute Gasteiger partial charge is 0.407 e. The summed E-state index contributed by atoms with van der Waals surface area (Å²) >= 11 is 1.95. The number of carbonyl (C=O) groups excluding carboxylic acids is 1. The zero-order valence-electron chi connectivity index (χ0n) is 16.1. The summed E-state index contributed by atoms with van der Waals surface area (Å²) in [6, 6.07) is 0.149. The van der Waals surface area contributed by atoms with E-state index >= 15 is 0 Å². The molecule has 23 heavy (non-hydrogen) atoms. The second-order valence-electron chi connectivity index (χ2n) is 8.95. The Morgan fingerprint density at radius 1 is 1.22 bits per heavy atom. The summed E-state index contributed by atoms with van der Waals surface area (Å²) in [5.41, 5.74) is -0.458. The molecule has 0 bridgehead atoms. The Morgan fingerprint density at radius 3 is 2.35 bits per heavy atom. The predicted molar refractivity (Wildman–Crippen MR) is 102 cm³/mol. The molecule has 0 radical (unpaired) electrons. The van der Waals surface area contributed by atoms with Crippen molar-refractivity contribution in [2.75, 3.05) is 18.1 Å². The normalized spacial score (nSPS) is 23.5. The maximum Gasteiger partial charge on any atom is 0.407 e. The average molecular weight is 362 g/mol. The highest BCUT2D eigenvalue weighted by Crippen LogP contribution is 2.37. The van der Waals surface area contributed by atoms with Gasteiger partial charge >= 0.3 is 6.09 Å². The first-order chi connectivity index (χ1) is 10.3. The lowest BCUT2D eigenvalue weighted by atomic mass is 10.00.